The van der Waals surface area contributed by atoms with E-state index in [4.69, 9.17) is 5.11 Å². The lowest BCUT2D eigenvalue weighted by atomic mass is 10.1. The van der Waals surface area contributed by atoms with Crippen LogP contribution < -0.4 is 5.32 Å². The van der Waals surface area contributed by atoms with E-state index in [1.807, 2.05) is 0 Å². The number of carbonyl (C=O) groups excluding carboxylic acids is 1. The second kappa shape index (κ2) is 5.67. The third kappa shape index (κ3) is 3.20. The quantitative estimate of drug-likeness (QED) is 0.699. The number of carboxylic acids is 1. The molecule has 2 N–H and O–H groups in total. The van der Waals surface area contributed by atoms with Crippen LogP contribution in [0.2, 0.25) is 0 Å². The van der Waals surface area contributed by atoms with Crippen molar-refractivity contribution in [1.82, 2.24) is 15.1 Å². The van der Waals surface area contributed by atoms with Crippen molar-refractivity contribution < 1.29 is 14.7 Å². The molecule has 102 valence electrons. The van der Waals surface area contributed by atoms with Crippen molar-refractivity contribution in [3.63, 3.8) is 0 Å². The molecule has 0 saturated carbocycles. The Kier molecular flexibility index (Phi) is 4.19. The highest BCUT2D eigenvalue weighted by molar-refractivity contribution is 5.82. The summed E-state index contributed by atoms with van der Waals surface area (Å²) in [5.74, 6) is -1.25. The zero-order valence-corrected chi connectivity index (χ0v) is 10.8. The standard InChI is InChI=1S/C12H21N3O3/c1-9(16)13-11(12(17)18)8-14-5-6-15-4-2-3-10(15)7-14/h10-11H,2-8H2,1H3,(H,13,16)(H,17,18). The Hall–Kier alpha value is -1.14. The van der Waals surface area contributed by atoms with Gasteiger partial charge in [-0.3, -0.25) is 14.6 Å². The molecule has 2 aliphatic rings. The van der Waals surface area contributed by atoms with Crippen molar-refractivity contribution in [2.75, 3.05) is 32.7 Å². The lowest BCUT2D eigenvalue weighted by molar-refractivity contribution is -0.142. The first-order valence-electron chi connectivity index (χ1n) is 6.52. The summed E-state index contributed by atoms with van der Waals surface area (Å²) in [6.45, 7) is 5.75. The zero-order chi connectivity index (χ0) is 13.1. The van der Waals surface area contributed by atoms with Gasteiger partial charge in [0.25, 0.3) is 0 Å². The molecule has 0 aromatic carbocycles. The number of nitrogens with one attached hydrogen (secondary N) is 1. The van der Waals surface area contributed by atoms with Crippen LogP contribution in [0.15, 0.2) is 0 Å². The van der Waals surface area contributed by atoms with Gasteiger partial charge in [-0.1, -0.05) is 0 Å². The van der Waals surface area contributed by atoms with Crippen LogP contribution in [0.3, 0.4) is 0 Å². The van der Waals surface area contributed by atoms with E-state index >= 15 is 0 Å². The first-order chi connectivity index (χ1) is 8.56. The molecule has 0 bridgehead atoms. The Morgan fingerprint density at radius 2 is 2.17 bits per heavy atom. The molecule has 2 heterocycles. The molecule has 2 aliphatic heterocycles. The van der Waals surface area contributed by atoms with E-state index in [0.717, 1.165) is 19.6 Å². The minimum Gasteiger partial charge on any atom is -0.480 e. The second-order valence-electron chi connectivity index (χ2n) is 5.18. The average Bonchev–Trinajstić information content (AvgIpc) is 2.74. The minimum atomic E-state index is -0.959. The first-order valence-corrected chi connectivity index (χ1v) is 6.52. The van der Waals surface area contributed by atoms with Gasteiger partial charge in [-0.15, -0.1) is 0 Å². The van der Waals surface area contributed by atoms with Crippen LogP contribution in [0.1, 0.15) is 19.8 Å². The highest BCUT2D eigenvalue weighted by atomic mass is 16.4. The molecule has 6 heteroatoms. The molecule has 0 aliphatic carbocycles. The van der Waals surface area contributed by atoms with E-state index in [0.29, 0.717) is 12.6 Å². The van der Waals surface area contributed by atoms with Crippen molar-refractivity contribution in [3.8, 4) is 0 Å². The maximum absolute atomic E-state index is 11.1. The number of aliphatic carboxylic acids is 1. The molecule has 0 aromatic rings. The third-order valence-corrected chi connectivity index (χ3v) is 3.79. The lowest BCUT2D eigenvalue weighted by Crippen LogP contribution is -2.55. The normalized spacial score (nSPS) is 26.6. The van der Waals surface area contributed by atoms with Gasteiger partial charge in [0.2, 0.25) is 5.91 Å². The molecular weight excluding hydrogens is 234 g/mol. The maximum Gasteiger partial charge on any atom is 0.327 e. The molecule has 0 spiro atoms. The lowest BCUT2D eigenvalue weighted by Gasteiger charge is -2.38. The smallest absolute Gasteiger partial charge is 0.327 e. The van der Waals surface area contributed by atoms with Gasteiger partial charge in [0, 0.05) is 39.1 Å². The summed E-state index contributed by atoms with van der Waals surface area (Å²) in [6, 6.07) is -0.221. The number of carboxylic acid groups (broad SMARTS) is 1. The summed E-state index contributed by atoms with van der Waals surface area (Å²) in [5, 5.41) is 11.6. The summed E-state index contributed by atoms with van der Waals surface area (Å²) in [7, 11) is 0. The van der Waals surface area contributed by atoms with E-state index in [1.165, 1.54) is 26.3 Å². The van der Waals surface area contributed by atoms with Crippen LogP contribution in [0.4, 0.5) is 0 Å². The molecule has 6 nitrogen and oxygen atoms in total. The van der Waals surface area contributed by atoms with E-state index in [2.05, 4.69) is 15.1 Å². The largest absolute Gasteiger partial charge is 0.480 e. The SMILES string of the molecule is CC(=O)NC(CN1CCN2CCCC2C1)C(=O)O. The Bertz CT molecular complexity index is 335. The van der Waals surface area contributed by atoms with Gasteiger partial charge in [0.1, 0.15) is 6.04 Å². The van der Waals surface area contributed by atoms with Gasteiger partial charge >= 0.3 is 5.97 Å². The summed E-state index contributed by atoms with van der Waals surface area (Å²) in [6.07, 6.45) is 2.45. The fraction of sp³-hybridized carbons (Fsp3) is 0.833. The Morgan fingerprint density at radius 3 is 2.83 bits per heavy atom. The van der Waals surface area contributed by atoms with Gasteiger partial charge in [-0.25, -0.2) is 4.79 Å². The summed E-state index contributed by atoms with van der Waals surface area (Å²) in [5.41, 5.74) is 0. The first kappa shape index (κ1) is 13.3. The van der Waals surface area contributed by atoms with Crippen LogP contribution >= 0.6 is 0 Å². The average molecular weight is 255 g/mol. The molecule has 2 fully saturated rings. The monoisotopic (exact) mass is 255 g/mol. The number of fused-ring (bicyclic) bond motifs is 1. The fourth-order valence-corrected chi connectivity index (χ4v) is 2.91. The van der Waals surface area contributed by atoms with Crippen LogP contribution in [0.5, 0.6) is 0 Å². The third-order valence-electron chi connectivity index (χ3n) is 3.79. The number of hydrogen-bond donors (Lipinski definition) is 2. The van der Waals surface area contributed by atoms with Crippen molar-refractivity contribution >= 4 is 11.9 Å². The summed E-state index contributed by atoms with van der Waals surface area (Å²) in [4.78, 5) is 26.7. The van der Waals surface area contributed by atoms with Gasteiger partial charge in [0.05, 0.1) is 0 Å². The predicted octanol–water partition coefficient (Wildman–Crippen LogP) is -0.644. The molecular formula is C12H21N3O3. The molecule has 18 heavy (non-hydrogen) atoms. The molecule has 2 rings (SSSR count). The van der Waals surface area contributed by atoms with E-state index in [9.17, 15) is 9.59 Å². The number of hydrogen-bond acceptors (Lipinski definition) is 4. The minimum absolute atomic E-state index is 0.290. The van der Waals surface area contributed by atoms with Gasteiger partial charge < -0.3 is 10.4 Å². The second-order valence-corrected chi connectivity index (χ2v) is 5.18. The Labute approximate surface area is 107 Å². The van der Waals surface area contributed by atoms with Crippen LogP contribution in [-0.4, -0.2) is 71.6 Å². The van der Waals surface area contributed by atoms with Crippen molar-refractivity contribution in [2.24, 2.45) is 0 Å². The van der Waals surface area contributed by atoms with Crippen molar-refractivity contribution in [1.29, 1.82) is 0 Å². The molecule has 0 aromatic heterocycles. The summed E-state index contributed by atoms with van der Waals surface area (Å²) >= 11 is 0. The van der Waals surface area contributed by atoms with E-state index in [1.54, 1.807) is 0 Å². The van der Waals surface area contributed by atoms with E-state index < -0.39 is 12.0 Å². The Morgan fingerprint density at radius 1 is 1.39 bits per heavy atom. The highest BCUT2D eigenvalue weighted by Crippen LogP contribution is 2.21. The zero-order valence-electron chi connectivity index (χ0n) is 10.8. The molecule has 2 atom stereocenters. The molecule has 1 amide bonds. The number of rotatable bonds is 4. The number of piperazine rings is 1. The Balaban J connectivity index is 1.87. The van der Waals surface area contributed by atoms with E-state index in [-0.39, 0.29) is 5.91 Å². The van der Waals surface area contributed by atoms with Crippen molar-refractivity contribution in [2.45, 2.75) is 31.8 Å². The van der Waals surface area contributed by atoms with Gasteiger partial charge in [-0.2, -0.15) is 0 Å². The van der Waals surface area contributed by atoms with Crippen molar-refractivity contribution in [3.05, 3.63) is 0 Å². The number of amides is 1. The number of carbonyl (C=O) groups is 2. The number of nitrogens with zero attached hydrogens (tertiary/aromatic N) is 2. The highest BCUT2D eigenvalue weighted by Gasteiger charge is 2.32. The fourth-order valence-electron chi connectivity index (χ4n) is 2.91. The molecule has 2 unspecified atom stereocenters. The summed E-state index contributed by atoms with van der Waals surface area (Å²) < 4.78 is 0. The maximum atomic E-state index is 11.1. The van der Waals surface area contributed by atoms with Crippen LogP contribution in [-0.2, 0) is 9.59 Å². The van der Waals surface area contributed by atoms with Crippen LogP contribution in [0.25, 0.3) is 0 Å². The topological polar surface area (TPSA) is 72.9 Å². The van der Waals surface area contributed by atoms with Gasteiger partial charge in [0.15, 0.2) is 0 Å². The molecule has 2 saturated heterocycles. The predicted molar refractivity (Wildman–Crippen MR) is 66.3 cm³/mol. The van der Waals surface area contributed by atoms with Gasteiger partial charge in [-0.05, 0) is 19.4 Å². The van der Waals surface area contributed by atoms with Crippen LogP contribution in [0, 0.1) is 0 Å². The molecule has 0 radical (unpaired) electrons.